The van der Waals surface area contributed by atoms with Crippen LogP contribution in [0.5, 0.6) is 0 Å². The molecule has 0 aliphatic carbocycles. The van der Waals surface area contributed by atoms with Gasteiger partial charge in [0.1, 0.15) is 12.8 Å². The molecule has 0 atom stereocenters. The molecule has 23 heavy (non-hydrogen) atoms. The summed E-state index contributed by atoms with van der Waals surface area (Å²) in [5.74, 6) is 0.0515. The van der Waals surface area contributed by atoms with Crippen LogP contribution in [0.3, 0.4) is 0 Å². The van der Waals surface area contributed by atoms with E-state index in [2.05, 4.69) is 27.2 Å². The summed E-state index contributed by atoms with van der Waals surface area (Å²) in [6.07, 6.45) is 5.55. The van der Waals surface area contributed by atoms with Crippen LogP contribution in [-0.4, -0.2) is 40.6 Å². The molecular formula is C16H28N4O3. The van der Waals surface area contributed by atoms with Crippen LogP contribution in [0.2, 0.25) is 0 Å². The van der Waals surface area contributed by atoms with Gasteiger partial charge in [-0.15, -0.1) is 0 Å². The van der Waals surface area contributed by atoms with Crippen LogP contribution in [0.1, 0.15) is 53.4 Å². The quantitative estimate of drug-likeness (QED) is 0.720. The molecule has 0 saturated carbocycles. The van der Waals surface area contributed by atoms with Gasteiger partial charge in [-0.3, -0.25) is 4.79 Å². The number of hydrogen-bond acceptors (Lipinski definition) is 4. The Balaban J connectivity index is 2.58. The minimum Gasteiger partial charge on any atom is -0.363 e. The predicted molar refractivity (Wildman–Crippen MR) is 89.1 cm³/mol. The van der Waals surface area contributed by atoms with Gasteiger partial charge in [0.25, 0.3) is 0 Å². The summed E-state index contributed by atoms with van der Waals surface area (Å²) in [6.45, 7) is 8.41. The van der Waals surface area contributed by atoms with Gasteiger partial charge in [0.2, 0.25) is 5.91 Å². The zero-order valence-electron chi connectivity index (χ0n) is 14.5. The molecule has 3 amide bonds. The van der Waals surface area contributed by atoms with Gasteiger partial charge in [-0.05, 0) is 27.2 Å². The molecule has 0 fully saturated rings. The molecule has 0 saturated heterocycles. The Morgan fingerprint density at radius 2 is 2.00 bits per heavy atom. The fourth-order valence-electron chi connectivity index (χ4n) is 2.01. The minimum absolute atomic E-state index is 0.0130. The average Bonchev–Trinajstić information content (AvgIpc) is 2.93. The van der Waals surface area contributed by atoms with Crippen molar-refractivity contribution in [1.29, 1.82) is 0 Å². The molecule has 130 valence electrons. The first-order chi connectivity index (χ1) is 10.8. The number of anilines is 1. The molecule has 1 heterocycles. The highest BCUT2D eigenvalue weighted by Crippen LogP contribution is 2.06. The molecule has 0 radical (unpaired) electrons. The third-order valence-corrected chi connectivity index (χ3v) is 3.09. The standard InChI is InChI=1S/C16H28N4O3/c1-5-6-7-8-10-20(15(22)18-16(2,3)4)12-14(21)17-13-9-11-23-19-13/h9,11H,5-8,10,12H2,1-4H3,(H,18,22)(H,17,19,21). The van der Waals surface area contributed by atoms with E-state index in [1.807, 2.05) is 20.8 Å². The SMILES string of the molecule is CCCCCCN(CC(=O)Nc1ccon1)C(=O)NC(C)(C)C. The highest BCUT2D eigenvalue weighted by Gasteiger charge is 2.21. The molecule has 0 aliphatic rings. The summed E-state index contributed by atoms with van der Waals surface area (Å²) in [5, 5.41) is 9.13. The van der Waals surface area contributed by atoms with Gasteiger partial charge in [-0.1, -0.05) is 31.3 Å². The van der Waals surface area contributed by atoms with Crippen molar-refractivity contribution >= 4 is 17.8 Å². The molecule has 0 aromatic carbocycles. The van der Waals surface area contributed by atoms with Crippen molar-refractivity contribution in [3.8, 4) is 0 Å². The lowest BCUT2D eigenvalue weighted by Gasteiger charge is -2.28. The fraction of sp³-hybridized carbons (Fsp3) is 0.688. The van der Waals surface area contributed by atoms with E-state index in [1.165, 1.54) is 11.2 Å². The third-order valence-electron chi connectivity index (χ3n) is 3.09. The van der Waals surface area contributed by atoms with Crippen LogP contribution >= 0.6 is 0 Å². The highest BCUT2D eigenvalue weighted by atomic mass is 16.5. The Bertz CT molecular complexity index is 480. The van der Waals surface area contributed by atoms with Crippen LogP contribution in [0.15, 0.2) is 16.9 Å². The molecule has 2 N–H and O–H groups in total. The molecule has 1 aromatic rings. The van der Waals surface area contributed by atoms with Crippen molar-refractivity contribution in [3.63, 3.8) is 0 Å². The van der Waals surface area contributed by atoms with Crippen molar-refractivity contribution in [1.82, 2.24) is 15.4 Å². The number of hydrogen-bond donors (Lipinski definition) is 2. The Morgan fingerprint density at radius 1 is 1.26 bits per heavy atom. The highest BCUT2D eigenvalue weighted by molar-refractivity contribution is 5.93. The van der Waals surface area contributed by atoms with Gasteiger partial charge >= 0.3 is 6.03 Å². The van der Waals surface area contributed by atoms with Gasteiger partial charge in [0.15, 0.2) is 5.82 Å². The first-order valence-electron chi connectivity index (χ1n) is 8.09. The number of nitrogens with zero attached hydrogens (tertiary/aromatic N) is 2. The molecule has 7 nitrogen and oxygen atoms in total. The van der Waals surface area contributed by atoms with Crippen LogP contribution in [0.4, 0.5) is 10.6 Å². The molecule has 0 unspecified atom stereocenters. The number of urea groups is 1. The van der Waals surface area contributed by atoms with E-state index in [0.717, 1.165) is 25.7 Å². The molecule has 1 rings (SSSR count). The second-order valence-corrected chi connectivity index (χ2v) is 6.60. The first kappa shape index (κ1) is 19.0. The first-order valence-corrected chi connectivity index (χ1v) is 8.09. The number of carbonyl (C=O) groups excluding carboxylic acids is 2. The van der Waals surface area contributed by atoms with Crippen LogP contribution in [-0.2, 0) is 4.79 Å². The Kier molecular flexibility index (Phi) is 7.57. The Hall–Kier alpha value is -2.05. The normalized spacial score (nSPS) is 11.1. The topological polar surface area (TPSA) is 87.5 Å². The van der Waals surface area contributed by atoms with Gasteiger partial charge in [-0.25, -0.2) is 4.79 Å². The summed E-state index contributed by atoms with van der Waals surface area (Å²) >= 11 is 0. The van der Waals surface area contributed by atoms with Crippen molar-refractivity contribution < 1.29 is 14.1 Å². The molecule has 0 bridgehead atoms. The van der Waals surface area contributed by atoms with Crippen LogP contribution in [0.25, 0.3) is 0 Å². The molecule has 0 aliphatic heterocycles. The smallest absolute Gasteiger partial charge is 0.318 e. The van der Waals surface area contributed by atoms with Crippen molar-refractivity contribution in [2.24, 2.45) is 0 Å². The average molecular weight is 324 g/mol. The monoisotopic (exact) mass is 324 g/mol. The summed E-state index contributed by atoms with van der Waals surface area (Å²) in [6, 6.07) is 1.32. The molecule has 0 spiro atoms. The lowest BCUT2D eigenvalue weighted by atomic mass is 10.1. The second kappa shape index (κ2) is 9.17. The second-order valence-electron chi connectivity index (χ2n) is 6.60. The van der Waals surface area contributed by atoms with Crippen molar-refractivity contribution in [2.45, 2.75) is 58.9 Å². The zero-order valence-corrected chi connectivity index (χ0v) is 14.5. The van der Waals surface area contributed by atoms with Gasteiger partial charge < -0.3 is 20.1 Å². The maximum absolute atomic E-state index is 12.4. The minimum atomic E-state index is -0.346. The van der Waals surface area contributed by atoms with Crippen molar-refractivity contribution in [3.05, 3.63) is 12.3 Å². The number of carbonyl (C=O) groups is 2. The third kappa shape index (κ3) is 8.23. The number of rotatable bonds is 8. The molecule has 1 aromatic heterocycles. The number of nitrogens with one attached hydrogen (secondary N) is 2. The maximum atomic E-state index is 12.4. The van der Waals surface area contributed by atoms with E-state index in [9.17, 15) is 9.59 Å². The maximum Gasteiger partial charge on any atom is 0.318 e. The number of amides is 3. The zero-order chi connectivity index (χ0) is 17.3. The van der Waals surface area contributed by atoms with Crippen LogP contribution in [0, 0.1) is 0 Å². The summed E-state index contributed by atoms with van der Waals surface area (Å²) in [4.78, 5) is 26.0. The number of aromatic nitrogens is 1. The molecule has 7 heteroatoms. The lowest BCUT2D eigenvalue weighted by molar-refractivity contribution is -0.116. The summed E-state index contributed by atoms with van der Waals surface area (Å²) < 4.78 is 4.67. The Morgan fingerprint density at radius 3 is 2.57 bits per heavy atom. The van der Waals surface area contributed by atoms with E-state index in [1.54, 1.807) is 6.07 Å². The van der Waals surface area contributed by atoms with Gasteiger partial charge in [0, 0.05) is 18.2 Å². The summed E-state index contributed by atoms with van der Waals surface area (Å²) in [5.41, 5.74) is -0.346. The van der Waals surface area contributed by atoms with E-state index in [4.69, 9.17) is 0 Å². The Labute approximate surface area is 137 Å². The fourth-order valence-corrected chi connectivity index (χ4v) is 2.01. The summed E-state index contributed by atoms with van der Waals surface area (Å²) in [7, 11) is 0. The lowest BCUT2D eigenvalue weighted by Crippen LogP contribution is -2.50. The van der Waals surface area contributed by atoms with E-state index in [-0.39, 0.29) is 24.0 Å². The van der Waals surface area contributed by atoms with E-state index >= 15 is 0 Å². The van der Waals surface area contributed by atoms with E-state index in [0.29, 0.717) is 12.4 Å². The number of unbranched alkanes of at least 4 members (excludes halogenated alkanes) is 3. The predicted octanol–water partition coefficient (Wildman–Crippen LogP) is 3.00. The largest absolute Gasteiger partial charge is 0.363 e. The van der Waals surface area contributed by atoms with Gasteiger partial charge in [-0.2, -0.15) is 0 Å². The van der Waals surface area contributed by atoms with Gasteiger partial charge in [0.05, 0.1) is 0 Å². The van der Waals surface area contributed by atoms with Crippen molar-refractivity contribution in [2.75, 3.05) is 18.4 Å². The van der Waals surface area contributed by atoms with E-state index < -0.39 is 0 Å². The van der Waals surface area contributed by atoms with Crippen LogP contribution < -0.4 is 10.6 Å². The molecular weight excluding hydrogens is 296 g/mol.